The highest BCUT2D eigenvalue weighted by atomic mass is 16.5. The summed E-state index contributed by atoms with van der Waals surface area (Å²) < 4.78 is 5.74. The molecule has 120 valence electrons. The van der Waals surface area contributed by atoms with Crippen LogP contribution in [0.1, 0.15) is 30.9 Å². The average Bonchev–Trinajstić information content (AvgIpc) is 2.54. The zero-order valence-electron chi connectivity index (χ0n) is 13.2. The summed E-state index contributed by atoms with van der Waals surface area (Å²) in [5.74, 6) is -0.498. The second kappa shape index (κ2) is 8.03. The average molecular weight is 311 g/mol. The van der Waals surface area contributed by atoms with E-state index in [-0.39, 0.29) is 5.57 Å². The summed E-state index contributed by atoms with van der Waals surface area (Å²) in [5.41, 5.74) is 7.90. The number of carboxylic acids is 1. The van der Waals surface area contributed by atoms with E-state index in [0.717, 1.165) is 18.4 Å². The zero-order chi connectivity index (χ0) is 16.7. The quantitative estimate of drug-likeness (QED) is 0.350. The van der Waals surface area contributed by atoms with Gasteiger partial charge in [-0.15, -0.1) is 0 Å². The fraction of sp³-hybridized carbons (Fsp3) is 0.211. The highest BCUT2D eigenvalue weighted by Gasteiger charge is 2.16. The van der Waals surface area contributed by atoms with Crippen LogP contribution in [0, 0.1) is 0 Å². The maximum Gasteiger partial charge on any atom is 0.336 e. The summed E-state index contributed by atoms with van der Waals surface area (Å²) in [4.78, 5) is 11.7. The second-order valence-corrected chi connectivity index (χ2v) is 5.23. The third kappa shape index (κ3) is 4.61. The molecular formula is C19H21NO3. The summed E-state index contributed by atoms with van der Waals surface area (Å²) in [5, 5.41) is 9.60. The fourth-order valence-corrected chi connectivity index (χ4v) is 2.18. The van der Waals surface area contributed by atoms with E-state index in [1.807, 2.05) is 30.3 Å². The normalized spacial score (nSPS) is 11.3. The van der Waals surface area contributed by atoms with Crippen molar-refractivity contribution in [2.75, 3.05) is 12.3 Å². The zero-order valence-corrected chi connectivity index (χ0v) is 13.2. The second-order valence-electron chi connectivity index (χ2n) is 5.23. The lowest BCUT2D eigenvalue weighted by Gasteiger charge is -2.13. The Balaban J connectivity index is 2.43. The smallest absolute Gasteiger partial charge is 0.336 e. The monoisotopic (exact) mass is 311 g/mol. The van der Waals surface area contributed by atoms with Gasteiger partial charge in [-0.3, -0.25) is 0 Å². The molecule has 4 nitrogen and oxygen atoms in total. The van der Waals surface area contributed by atoms with Gasteiger partial charge in [0.2, 0.25) is 0 Å². The van der Waals surface area contributed by atoms with E-state index in [4.69, 9.17) is 10.5 Å². The van der Waals surface area contributed by atoms with Crippen LogP contribution in [0.4, 0.5) is 5.69 Å². The molecular weight excluding hydrogens is 290 g/mol. The SMILES string of the molecule is CCCCOc1cc(N)ccc1C(=Cc1ccccc1)C(=O)O. The molecule has 0 saturated carbocycles. The number of ether oxygens (including phenoxy) is 1. The van der Waals surface area contributed by atoms with Gasteiger partial charge in [-0.05, 0) is 30.2 Å². The van der Waals surface area contributed by atoms with Crippen molar-refractivity contribution in [1.29, 1.82) is 0 Å². The summed E-state index contributed by atoms with van der Waals surface area (Å²) in [6.45, 7) is 2.60. The number of anilines is 1. The number of carboxylic acid groups (broad SMARTS) is 1. The predicted molar refractivity (Wildman–Crippen MR) is 93.2 cm³/mol. The fourth-order valence-electron chi connectivity index (χ4n) is 2.18. The number of carbonyl (C=O) groups is 1. The van der Waals surface area contributed by atoms with Crippen LogP contribution in [0.25, 0.3) is 11.6 Å². The van der Waals surface area contributed by atoms with Gasteiger partial charge in [-0.2, -0.15) is 0 Å². The van der Waals surface area contributed by atoms with Crippen molar-refractivity contribution >= 4 is 23.3 Å². The van der Waals surface area contributed by atoms with Crippen LogP contribution < -0.4 is 10.5 Å². The maximum atomic E-state index is 11.7. The molecule has 0 unspecified atom stereocenters. The Morgan fingerprint density at radius 3 is 2.61 bits per heavy atom. The molecule has 4 heteroatoms. The maximum absolute atomic E-state index is 11.7. The topological polar surface area (TPSA) is 72.5 Å². The number of unbranched alkanes of at least 4 members (excludes halogenated alkanes) is 1. The number of nitrogens with two attached hydrogens (primary N) is 1. The standard InChI is InChI=1S/C19H21NO3/c1-2-3-11-23-18-13-15(20)9-10-16(18)17(19(21)22)12-14-7-5-4-6-8-14/h4-10,12-13H,2-3,11,20H2,1H3,(H,21,22). The molecule has 0 heterocycles. The molecule has 0 spiro atoms. The predicted octanol–water partition coefficient (Wildman–Crippen LogP) is 4.07. The number of hydrogen-bond acceptors (Lipinski definition) is 3. The van der Waals surface area contributed by atoms with Gasteiger partial charge in [0.05, 0.1) is 12.2 Å². The number of hydrogen-bond donors (Lipinski definition) is 2. The van der Waals surface area contributed by atoms with Gasteiger partial charge < -0.3 is 15.6 Å². The minimum Gasteiger partial charge on any atom is -0.493 e. The molecule has 2 aromatic carbocycles. The Morgan fingerprint density at radius 1 is 1.22 bits per heavy atom. The number of aliphatic carboxylic acids is 1. The third-order valence-electron chi connectivity index (χ3n) is 3.39. The Morgan fingerprint density at radius 2 is 1.96 bits per heavy atom. The molecule has 0 atom stereocenters. The van der Waals surface area contributed by atoms with Crippen LogP contribution in [0.5, 0.6) is 5.75 Å². The molecule has 0 aromatic heterocycles. The third-order valence-corrected chi connectivity index (χ3v) is 3.39. The van der Waals surface area contributed by atoms with Gasteiger partial charge in [0.1, 0.15) is 5.75 Å². The van der Waals surface area contributed by atoms with E-state index in [1.54, 1.807) is 24.3 Å². The Hall–Kier alpha value is -2.75. The minimum absolute atomic E-state index is 0.183. The highest BCUT2D eigenvalue weighted by Crippen LogP contribution is 2.30. The molecule has 0 aliphatic heterocycles. The lowest BCUT2D eigenvalue weighted by molar-refractivity contribution is -0.130. The van der Waals surface area contributed by atoms with Crippen molar-refractivity contribution in [2.45, 2.75) is 19.8 Å². The molecule has 23 heavy (non-hydrogen) atoms. The van der Waals surface area contributed by atoms with E-state index >= 15 is 0 Å². The van der Waals surface area contributed by atoms with Crippen LogP contribution in [0.15, 0.2) is 48.5 Å². The van der Waals surface area contributed by atoms with Gasteiger partial charge in [-0.1, -0.05) is 43.7 Å². The molecule has 3 N–H and O–H groups in total. The lowest BCUT2D eigenvalue weighted by Crippen LogP contribution is -2.05. The molecule has 0 aliphatic rings. The van der Waals surface area contributed by atoms with Crippen LogP contribution in [-0.4, -0.2) is 17.7 Å². The van der Waals surface area contributed by atoms with Crippen molar-refractivity contribution in [3.8, 4) is 5.75 Å². The van der Waals surface area contributed by atoms with Crippen molar-refractivity contribution in [1.82, 2.24) is 0 Å². The summed E-state index contributed by atoms with van der Waals surface area (Å²) in [7, 11) is 0. The van der Waals surface area contributed by atoms with Crippen LogP contribution in [0.2, 0.25) is 0 Å². The molecule has 0 amide bonds. The van der Waals surface area contributed by atoms with Crippen LogP contribution in [0.3, 0.4) is 0 Å². The highest BCUT2D eigenvalue weighted by molar-refractivity contribution is 6.21. The first-order valence-electron chi connectivity index (χ1n) is 7.64. The molecule has 0 aliphatic carbocycles. The van der Waals surface area contributed by atoms with E-state index in [2.05, 4.69) is 6.92 Å². The summed E-state index contributed by atoms with van der Waals surface area (Å²) in [6, 6.07) is 14.4. The van der Waals surface area contributed by atoms with E-state index in [9.17, 15) is 9.90 Å². The first-order valence-corrected chi connectivity index (χ1v) is 7.64. The number of benzene rings is 2. The van der Waals surface area contributed by atoms with Crippen molar-refractivity contribution in [3.63, 3.8) is 0 Å². The largest absolute Gasteiger partial charge is 0.493 e. The van der Waals surface area contributed by atoms with E-state index in [0.29, 0.717) is 23.6 Å². The van der Waals surface area contributed by atoms with E-state index < -0.39 is 5.97 Å². The van der Waals surface area contributed by atoms with E-state index in [1.165, 1.54) is 0 Å². The van der Waals surface area contributed by atoms with Crippen LogP contribution in [-0.2, 0) is 4.79 Å². The minimum atomic E-state index is -1.00. The molecule has 0 saturated heterocycles. The van der Waals surface area contributed by atoms with Crippen molar-refractivity contribution in [2.24, 2.45) is 0 Å². The summed E-state index contributed by atoms with van der Waals surface area (Å²) in [6.07, 6.45) is 3.54. The lowest BCUT2D eigenvalue weighted by atomic mass is 10.0. The Kier molecular flexibility index (Phi) is 5.80. The molecule has 2 aromatic rings. The number of rotatable bonds is 7. The van der Waals surface area contributed by atoms with Gasteiger partial charge in [0.25, 0.3) is 0 Å². The van der Waals surface area contributed by atoms with Gasteiger partial charge in [-0.25, -0.2) is 4.79 Å². The molecule has 0 radical (unpaired) electrons. The first kappa shape index (κ1) is 16.6. The molecule has 0 fully saturated rings. The van der Waals surface area contributed by atoms with Gasteiger partial charge >= 0.3 is 5.97 Å². The first-order chi connectivity index (χ1) is 11.1. The van der Waals surface area contributed by atoms with Gasteiger partial charge in [0.15, 0.2) is 0 Å². The number of nitrogen functional groups attached to an aromatic ring is 1. The van der Waals surface area contributed by atoms with Crippen molar-refractivity contribution < 1.29 is 14.6 Å². The summed E-state index contributed by atoms with van der Waals surface area (Å²) >= 11 is 0. The van der Waals surface area contributed by atoms with Crippen LogP contribution >= 0.6 is 0 Å². The Labute approximate surface area is 136 Å². The van der Waals surface area contributed by atoms with Crippen molar-refractivity contribution in [3.05, 3.63) is 59.7 Å². The Bertz CT molecular complexity index is 693. The molecule has 2 rings (SSSR count). The van der Waals surface area contributed by atoms with Gasteiger partial charge in [0, 0.05) is 17.3 Å². The molecule has 0 bridgehead atoms.